The normalized spacial score (nSPS) is 26.4. The van der Waals surface area contributed by atoms with Crippen molar-refractivity contribution in [2.45, 2.75) is 6.92 Å². The molecular formula is C9H13N3O2. The average molecular weight is 195 g/mol. The van der Waals surface area contributed by atoms with Crippen molar-refractivity contribution in [3.8, 4) is 0 Å². The molecule has 0 radical (unpaired) electrons. The van der Waals surface area contributed by atoms with Crippen LogP contribution in [0.25, 0.3) is 0 Å². The first-order valence-corrected chi connectivity index (χ1v) is 4.69. The quantitative estimate of drug-likeness (QED) is 0.719. The van der Waals surface area contributed by atoms with Crippen LogP contribution in [0.4, 0.5) is 5.82 Å². The van der Waals surface area contributed by atoms with E-state index in [0.29, 0.717) is 11.7 Å². The molecule has 1 aromatic rings. The fourth-order valence-corrected chi connectivity index (χ4v) is 1.66. The van der Waals surface area contributed by atoms with E-state index in [0.717, 1.165) is 13.1 Å². The predicted octanol–water partition coefficient (Wildman–Crippen LogP) is 0.469. The summed E-state index contributed by atoms with van der Waals surface area (Å²) in [6, 6.07) is 1.63. The van der Waals surface area contributed by atoms with Gasteiger partial charge in [-0.25, -0.2) is 0 Å². The van der Waals surface area contributed by atoms with E-state index in [9.17, 15) is 4.79 Å². The number of nitrogens with zero attached hydrogens (tertiary/aromatic N) is 1. The van der Waals surface area contributed by atoms with Gasteiger partial charge in [0.2, 0.25) is 5.91 Å². The van der Waals surface area contributed by atoms with Crippen molar-refractivity contribution in [2.24, 2.45) is 11.8 Å². The predicted molar refractivity (Wildman–Crippen MR) is 50.7 cm³/mol. The van der Waals surface area contributed by atoms with Gasteiger partial charge in [-0.05, 0) is 12.5 Å². The summed E-state index contributed by atoms with van der Waals surface area (Å²) in [7, 11) is 0. The summed E-state index contributed by atoms with van der Waals surface area (Å²) in [5.74, 6) is 0.902. The van der Waals surface area contributed by atoms with E-state index >= 15 is 0 Å². The molecule has 5 heteroatoms. The molecule has 0 aromatic carbocycles. The van der Waals surface area contributed by atoms with Crippen LogP contribution in [0.3, 0.4) is 0 Å². The van der Waals surface area contributed by atoms with Crippen LogP contribution in [-0.2, 0) is 4.79 Å². The molecule has 0 spiro atoms. The summed E-state index contributed by atoms with van der Waals surface area (Å²) in [6.07, 6.45) is 1.44. The molecule has 5 nitrogen and oxygen atoms in total. The molecule has 1 saturated heterocycles. The van der Waals surface area contributed by atoms with Crippen molar-refractivity contribution in [1.82, 2.24) is 10.5 Å². The first-order chi connectivity index (χ1) is 6.77. The zero-order valence-corrected chi connectivity index (χ0v) is 7.99. The van der Waals surface area contributed by atoms with Gasteiger partial charge in [0.1, 0.15) is 6.26 Å². The van der Waals surface area contributed by atoms with Crippen LogP contribution in [-0.4, -0.2) is 24.2 Å². The molecule has 0 bridgehead atoms. The van der Waals surface area contributed by atoms with Crippen LogP contribution in [0.15, 0.2) is 16.9 Å². The van der Waals surface area contributed by atoms with Gasteiger partial charge in [-0.3, -0.25) is 4.79 Å². The minimum atomic E-state index is 0.0106. The van der Waals surface area contributed by atoms with Crippen molar-refractivity contribution >= 4 is 11.7 Å². The minimum absolute atomic E-state index is 0.0106. The maximum absolute atomic E-state index is 11.7. The number of carbonyl (C=O) groups excluding carboxylic acids is 1. The Hall–Kier alpha value is -1.36. The van der Waals surface area contributed by atoms with E-state index in [2.05, 4.69) is 27.2 Å². The lowest BCUT2D eigenvalue weighted by molar-refractivity contribution is -0.120. The van der Waals surface area contributed by atoms with Gasteiger partial charge in [0.15, 0.2) is 5.82 Å². The second-order valence-electron chi connectivity index (χ2n) is 3.62. The number of amides is 1. The second kappa shape index (κ2) is 3.79. The lowest BCUT2D eigenvalue weighted by Gasteiger charge is -2.12. The summed E-state index contributed by atoms with van der Waals surface area (Å²) in [5.41, 5.74) is 0. The molecular weight excluding hydrogens is 182 g/mol. The maximum atomic E-state index is 11.7. The van der Waals surface area contributed by atoms with Gasteiger partial charge in [0.25, 0.3) is 0 Å². The number of aromatic nitrogens is 1. The first-order valence-electron chi connectivity index (χ1n) is 4.69. The molecule has 1 aromatic heterocycles. The van der Waals surface area contributed by atoms with Gasteiger partial charge < -0.3 is 15.2 Å². The maximum Gasteiger partial charge on any atom is 0.230 e. The van der Waals surface area contributed by atoms with Crippen molar-refractivity contribution in [1.29, 1.82) is 0 Å². The number of nitrogens with one attached hydrogen (secondary N) is 2. The summed E-state index contributed by atoms with van der Waals surface area (Å²) in [4.78, 5) is 11.7. The van der Waals surface area contributed by atoms with Crippen LogP contribution < -0.4 is 10.6 Å². The molecule has 2 heterocycles. The van der Waals surface area contributed by atoms with E-state index in [-0.39, 0.29) is 11.8 Å². The smallest absolute Gasteiger partial charge is 0.230 e. The Bertz CT molecular complexity index is 310. The third kappa shape index (κ3) is 1.77. The van der Waals surface area contributed by atoms with E-state index in [1.165, 1.54) is 6.26 Å². The standard InChI is InChI=1S/C9H13N3O2/c1-6-4-10-5-7(6)9(13)11-8-2-3-14-12-8/h2-3,6-7,10H,4-5H2,1H3,(H,11,12,13). The third-order valence-electron chi connectivity index (χ3n) is 2.54. The lowest BCUT2D eigenvalue weighted by atomic mass is 9.97. The third-order valence-corrected chi connectivity index (χ3v) is 2.54. The molecule has 1 aliphatic rings. The summed E-state index contributed by atoms with van der Waals surface area (Å²) in [6.45, 7) is 3.70. The summed E-state index contributed by atoms with van der Waals surface area (Å²) >= 11 is 0. The number of hydrogen-bond donors (Lipinski definition) is 2. The van der Waals surface area contributed by atoms with Crippen molar-refractivity contribution < 1.29 is 9.32 Å². The van der Waals surface area contributed by atoms with Crippen LogP contribution in [0, 0.1) is 11.8 Å². The van der Waals surface area contributed by atoms with E-state index in [1.807, 2.05) is 0 Å². The minimum Gasteiger partial charge on any atom is -0.363 e. The number of carbonyl (C=O) groups is 1. The Kier molecular flexibility index (Phi) is 2.49. The summed E-state index contributed by atoms with van der Waals surface area (Å²) < 4.78 is 4.62. The molecule has 2 N–H and O–H groups in total. The van der Waals surface area contributed by atoms with Gasteiger partial charge in [0.05, 0.1) is 5.92 Å². The van der Waals surface area contributed by atoms with Gasteiger partial charge in [-0.2, -0.15) is 0 Å². The molecule has 1 fully saturated rings. The zero-order valence-electron chi connectivity index (χ0n) is 7.99. The average Bonchev–Trinajstić information content (AvgIpc) is 2.75. The van der Waals surface area contributed by atoms with Crippen molar-refractivity contribution in [3.05, 3.63) is 12.3 Å². The monoisotopic (exact) mass is 195 g/mol. The number of rotatable bonds is 2. The lowest BCUT2D eigenvalue weighted by Crippen LogP contribution is -2.27. The molecule has 1 amide bonds. The highest BCUT2D eigenvalue weighted by atomic mass is 16.5. The van der Waals surface area contributed by atoms with Crippen LogP contribution in [0.2, 0.25) is 0 Å². The van der Waals surface area contributed by atoms with E-state index in [1.54, 1.807) is 6.07 Å². The molecule has 2 unspecified atom stereocenters. The molecule has 14 heavy (non-hydrogen) atoms. The fraction of sp³-hybridized carbons (Fsp3) is 0.556. The Morgan fingerprint density at radius 3 is 3.14 bits per heavy atom. The molecule has 0 saturated carbocycles. The highest BCUT2D eigenvalue weighted by Crippen LogP contribution is 2.17. The topological polar surface area (TPSA) is 67.2 Å². The molecule has 2 atom stereocenters. The molecule has 0 aliphatic carbocycles. The SMILES string of the molecule is CC1CNCC1C(=O)Nc1ccon1. The largest absolute Gasteiger partial charge is 0.363 e. The Balaban J connectivity index is 1.95. The first kappa shape index (κ1) is 9.21. The van der Waals surface area contributed by atoms with E-state index in [4.69, 9.17) is 0 Å². The summed E-state index contributed by atoms with van der Waals surface area (Å²) in [5, 5.41) is 9.51. The number of hydrogen-bond acceptors (Lipinski definition) is 4. The van der Waals surface area contributed by atoms with Crippen molar-refractivity contribution in [3.63, 3.8) is 0 Å². The van der Waals surface area contributed by atoms with Crippen LogP contribution in [0.5, 0.6) is 0 Å². The van der Waals surface area contributed by atoms with Gasteiger partial charge in [0, 0.05) is 12.6 Å². The van der Waals surface area contributed by atoms with E-state index < -0.39 is 0 Å². The Morgan fingerprint density at radius 1 is 1.71 bits per heavy atom. The van der Waals surface area contributed by atoms with Gasteiger partial charge in [-0.1, -0.05) is 12.1 Å². The van der Waals surface area contributed by atoms with Gasteiger partial charge in [-0.15, -0.1) is 0 Å². The Morgan fingerprint density at radius 2 is 2.57 bits per heavy atom. The highest BCUT2D eigenvalue weighted by Gasteiger charge is 2.29. The molecule has 1 aliphatic heterocycles. The van der Waals surface area contributed by atoms with Gasteiger partial charge >= 0.3 is 0 Å². The second-order valence-corrected chi connectivity index (χ2v) is 3.62. The fourth-order valence-electron chi connectivity index (χ4n) is 1.66. The molecule has 2 rings (SSSR count). The number of anilines is 1. The highest BCUT2D eigenvalue weighted by molar-refractivity contribution is 5.92. The Labute approximate surface area is 81.8 Å². The molecule has 76 valence electrons. The van der Waals surface area contributed by atoms with Crippen LogP contribution >= 0.6 is 0 Å². The zero-order chi connectivity index (χ0) is 9.97. The van der Waals surface area contributed by atoms with Crippen molar-refractivity contribution in [2.75, 3.05) is 18.4 Å². The van der Waals surface area contributed by atoms with Crippen LogP contribution in [0.1, 0.15) is 6.92 Å².